The predicted octanol–water partition coefficient (Wildman–Crippen LogP) is 1.57. The first-order valence-electron chi connectivity index (χ1n) is 5.82. The summed E-state index contributed by atoms with van der Waals surface area (Å²) in [7, 11) is 0. The summed E-state index contributed by atoms with van der Waals surface area (Å²) in [4.78, 5) is 22.8. The average Bonchev–Trinajstić information content (AvgIpc) is 2.29. The van der Waals surface area contributed by atoms with Crippen LogP contribution >= 0.6 is 0 Å². The van der Waals surface area contributed by atoms with Gasteiger partial charge in [0.25, 0.3) is 0 Å². The highest BCUT2D eigenvalue weighted by atomic mass is 16.4. The molecular formula is C12H19NO3. The standard InChI is InChI=1S/C12H19NO3/c1-2-3-8-13-11(14)9-6-4-5-7-10(9)12(15)16/h4-5,9-10H,2-3,6-8H2,1H3,(H,13,14)(H,15,16)/t9-,10-/m1/s1. The third-order valence-electron chi connectivity index (χ3n) is 2.92. The van der Waals surface area contributed by atoms with Gasteiger partial charge in [-0.15, -0.1) is 0 Å². The Morgan fingerprint density at radius 2 is 1.94 bits per heavy atom. The van der Waals surface area contributed by atoms with Crippen LogP contribution in [0, 0.1) is 11.8 Å². The first-order chi connectivity index (χ1) is 7.66. The quantitative estimate of drug-likeness (QED) is 0.551. The van der Waals surface area contributed by atoms with E-state index in [9.17, 15) is 9.59 Å². The van der Waals surface area contributed by atoms with E-state index >= 15 is 0 Å². The fourth-order valence-corrected chi connectivity index (χ4v) is 1.90. The fraction of sp³-hybridized carbons (Fsp3) is 0.667. The minimum Gasteiger partial charge on any atom is -0.481 e. The molecule has 2 atom stereocenters. The summed E-state index contributed by atoms with van der Waals surface area (Å²) in [6.45, 7) is 2.69. The van der Waals surface area contributed by atoms with Crippen molar-refractivity contribution in [3.63, 3.8) is 0 Å². The molecule has 0 aliphatic heterocycles. The monoisotopic (exact) mass is 225 g/mol. The number of carbonyl (C=O) groups is 2. The molecule has 0 unspecified atom stereocenters. The SMILES string of the molecule is CCCCNC(=O)[C@@H]1CC=CC[C@H]1C(=O)O. The van der Waals surface area contributed by atoms with Crippen LogP contribution in [0.2, 0.25) is 0 Å². The number of carboxylic acids is 1. The number of nitrogens with one attached hydrogen (secondary N) is 1. The maximum absolute atomic E-state index is 11.8. The Morgan fingerprint density at radius 3 is 2.50 bits per heavy atom. The van der Waals surface area contributed by atoms with E-state index in [2.05, 4.69) is 12.2 Å². The molecule has 1 aliphatic rings. The predicted molar refractivity (Wildman–Crippen MR) is 60.9 cm³/mol. The first kappa shape index (κ1) is 12.7. The number of aliphatic carboxylic acids is 1. The van der Waals surface area contributed by atoms with Crippen molar-refractivity contribution in [2.75, 3.05) is 6.54 Å². The third kappa shape index (κ3) is 3.36. The molecule has 4 nitrogen and oxygen atoms in total. The van der Waals surface area contributed by atoms with Gasteiger partial charge >= 0.3 is 5.97 Å². The maximum Gasteiger partial charge on any atom is 0.307 e. The molecule has 0 saturated carbocycles. The summed E-state index contributed by atoms with van der Waals surface area (Å²) in [5.41, 5.74) is 0. The van der Waals surface area contributed by atoms with Crippen molar-refractivity contribution in [2.24, 2.45) is 11.8 Å². The molecule has 0 aromatic carbocycles. The Kier molecular flexibility index (Phi) is 5.02. The van der Waals surface area contributed by atoms with Crippen LogP contribution < -0.4 is 5.32 Å². The van der Waals surface area contributed by atoms with Gasteiger partial charge in [0.2, 0.25) is 5.91 Å². The minimum absolute atomic E-state index is 0.120. The summed E-state index contributed by atoms with van der Waals surface area (Å²) in [5.74, 6) is -1.96. The van der Waals surface area contributed by atoms with Crippen molar-refractivity contribution in [1.82, 2.24) is 5.32 Å². The minimum atomic E-state index is -0.875. The number of allylic oxidation sites excluding steroid dienone is 2. The third-order valence-corrected chi connectivity index (χ3v) is 2.92. The zero-order valence-corrected chi connectivity index (χ0v) is 9.61. The molecule has 0 bridgehead atoms. The highest BCUT2D eigenvalue weighted by Crippen LogP contribution is 2.25. The lowest BCUT2D eigenvalue weighted by molar-refractivity contribution is -0.147. The molecular weight excluding hydrogens is 206 g/mol. The lowest BCUT2D eigenvalue weighted by Gasteiger charge is -2.24. The van der Waals surface area contributed by atoms with Gasteiger partial charge in [-0.05, 0) is 19.3 Å². The summed E-state index contributed by atoms with van der Waals surface area (Å²) >= 11 is 0. The van der Waals surface area contributed by atoms with Gasteiger partial charge in [0.05, 0.1) is 11.8 Å². The van der Waals surface area contributed by atoms with Crippen molar-refractivity contribution >= 4 is 11.9 Å². The van der Waals surface area contributed by atoms with E-state index < -0.39 is 17.8 Å². The molecule has 0 heterocycles. The molecule has 0 fully saturated rings. The number of unbranched alkanes of at least 4 members (excludes halogenated alkanes) is 1. The zero-order chi connectivity index (χ0) is 12.0. The Morgan fingerprint density at radius 1 is 1.31 bits per heavy atom. The molecule has 4 heteroatoms. The molecule has 0 aromatic rings. The van der Waals surface area contributed by atoms with E-state index in [1.165, 1.54) is 0 Å². The van der Waals surface area contributed by atoms with Gasteiger partial charge in [-0.3, -0.25) is 9.59 Å². The zero-order valence-electron chi connectivity index (χ0n) is 9.61. The van der Waals surface area contributed by atoms with Gasteiger partial charge < -0.3 is 10.4 Å². The van der Waals surface area contributed by atoms with Crippen molar-refractivity contribution in [3.05, 3.63) is 12.2 Å². The molecule has 1 aliphatic carbocycles. The van der Waals surface area contributed by atoms with Crippen LogP contribution in [0.15, 0.2) is 12.2 Å². The van der Waals surface area contributed by atoms with Gasteiger partial charge in [0.15, 0.2) is 0 Å². The second-order valence-electron chi connectivity index (χ2n) is 4.14. The van der Waals surface area contributed by atoms with Gasteiger partial charge in [-0.25, -0.2) is 0 Å². The Labute approximate surface area is 95.7 Å². The number of rotatable bonds is 5. The largest absolute Gasteiger partial charge is 0.481 e. The van der Waals surface area contributed by atoms with Crippen LogP contribution in [0.1, 0.15) is 32.6 Å². The highest BCUT2D eigenvalue weighted by Gasteiger charge is 2.33. The van der Waals surface area contributed by atoms with Crippen LogP contribution in [0.4, 0.5) is 0 Å². The normalized spacial score (nSPS) is 24.1. The fourth-order valence-electron chi connectivity index (χ4n) is 1.90. The van der Waals surface area contributed by atoms with Crippen LogP contribution in [-0.4, -0.2) is 23.5 Å². The van der Waals surface area contributed by atoms with Gasteiger partial charge in [-0.1, -0.05) is 25.5 Å². The van der Waals surface area contributed by atoms with Crippen molar-refractivity contribution in [2.45, 2.75) is 32.6 Å². The molecule has 0 saturated heterocycles. The molecule has 90 valence electrons. The lowest BCUT2D eigenvalue weighted by Crippen LogP contribution is -2.39. The topological polar surface area (TPSA) is 66.4 Å². The van der Waals surface area contributed by atoms with Crippen LogP contribution in [0.5, 0.6) is 0 Å². The van der Waals surface area contributed by atoms with Crippen LogP contribution in [0.3, 0.4) is 0 Å². The second-order valence-corrected chi connectivity index (χ2v) is 4.14. The highest BCUT2D eigenvalue weighted by molar-refractivity contribution is 5.85. The summed E-state index contributed by atoms with van der Waals surface area (Å²) in [5, 5.41) is 11.8. The van der Waals surface area contributed by atoms with Gasteiger partial charge in [0, 0.05) is 6.54 Å². The molecule has 0 spiro atoms. The summed E-state index contributed by atoms with van der Waals surface area (Å²) < 4.78 is 0. The van der Waals surface area contributed by atoms with E-state index in [4.69, 9.17) is 5.11 Å². The molecule has 2 N–H and O–H groups in total. The van der Waals surface area contributed by atoms with E-state index in [0.29, 0.717) is 19.4 Å². The maximum atomic E-state index is 11.8. The number of amides is 1. The lowest BCUT2D eigenvalue weighted by atomic mass is 9.82. The van der Waals surface area contributed by atoms with Gasteiger partial charge in [0.1, 0.15) is 0 Å². The molecule has 0 radical (unpaired) electrons. The van der Waals surface area contributed by atoms with Crippen LogP contribution in [-0.2, 0) is 9.59 Å². The number of carbonyl (C=O) groups excluding carboxylic acids is 1. The first-order valence-corrected chi connectivity index (χ1v) is 5.82. The van der Waals surface area contributed by atoms with E-state index in [0.717, 1.165) is 12.8 Å². The van der Waals surface area contributed by atoms with E-state index in [1.54, 1.807) is 0 Å². The van der Waals surface area contributed by atoms with Crippen molar-refractivity contribution in [3.8, 4) is 0 Å². The van der Waals surface area contributed by atoms with Crippen molar-refractivity contribution in [1.29, 1.82) is 0 Å². The summed E-state index contributed by atoms with van der Waals surface area (Å²) in [6.07, 6.45) is 6.69. The number of hydrogen-bond donors (Lipinski definition) is 2. The molecule has 1 rings (SSSR count). The average molecular weight is 225 g/mol. The Balaban J connectivity index is 2.52. The Hall–Kier alpha value is -1.32. The smallest absolute Gasteiger partial charge is 0.307 e. The second kappa shape index (κ2) is 6.30. The molecule has 1 amide bonds. The number of hydrogen-bond acceptors (Lipinski definition) is 2. The van der Waals surface area contributed by atoms with E-state index in [1.807, 2.05) is 12.2 Å². The van der Waals surface area contributed by atoms with Crippen LogP contribution in [0.25, 0.3) is 0 Å². The number of carboxylic acid groups (broad SMARTS) is 1. The summed E-state index contributed by atoms with van der Waals surface area (Å²) in [6, 6.07) is 0. The Bertz CT molecular complexity index is 286. The molecule has 0 aromatic heterocycles. The van der Waals surface area contributed by atoms with E-state index in [-0.39, 0.29) is 5.91 Å². The molecule has 16 heavy (non-hydrogen) atoms. The van der Waals surface area contributed by atoms with Gasteiger partial charge in [-0.2, -0.15) is 0 Å². The van der Waals surface area contributed by atoms with Crippen molar-refractivity contribution < 1.29 is 14.7 Å².